The van der Waals surface area contributed by atoms with Crippen LogP contribution >= 0.6 is 0 Å². The number of rotatable bonds is 4. The van der Waals surface area contributed by atoms with Gasteiger partial charge in [0.05, 0.1) is 8.58 Å². The Labute approximate surface area is 62.8 Å². The Bertz CT molecular complexity index is 75.8. The average Bonchev–Trinajstić information content (AvgIpc) is 1.58. The first-order valence-corrected chi connectivity index (χ1v) is 3.83. The lowest BCUT2D eigenvalue weighted by Crippen LogP contribution is -2.42. The summed E-state index contributed by atoms with van der Waals surface area (Å²) in [4.78, 5) is 0. The molecule has 10 heavy (non-hydrogen) atoms. The molecule has 0 aliphatic carbocycles. The van der Waals surface area contributed by atoms with E-state index in [1.165, 1.54) is 0 Å². The van der Waals surface area contributed by atoms with Crippen molar-refractivity contribution in [3.05, 3.63) is 0 Å². The maximum Gasteiger partial charge on any atom is 0.373 e. The highest BCUT2D eigenvalue weighted by atomic mass is 35.6. The summed E-state index contributed by atoms with van der Waals surface area (Å²) in [6, 6.07) is 0. The fraction of sp³-hybridized carbons (Fsp3) is 1.00. The van der Waals surface area contributed by atoms with Gasteiger partial charge in [-0.3, -0.25) is 0 Å². The summed E-state index contributed by atoms with van der Waals surface area (Å²) in [7, 11) is -4.92. The van der Waals surface area contributed by atoms with Gasteiger partial charge in [-0.1, -0.05) is 0 Å². The standard InChI is InChI=1S/C2H4Cl2O6/c1-2(9-3(5)6)10-4(7)8/h2H,1H3. The molecule has 0 unspecified atom stereocenters. The van der Waals surface area contributed by atoms with Gasteiger partial charge in [-0.25, -0.2) is 0 Å². The number of hydrogen-bond donors (Lipinski definition) is 0. The normalized spacial score (nSPS) is 12.0. The first-order chi connectivity index (χ1) is 4.52. The molecule has 0 fully saturated rings. The fourth-order valence-electron chi connectivity index (χ4n) is 0.219. The number of halogens is 2. The van der Waals surface area contributed by atoms with Crippen LogP contribution in [0.15, 0.2) is 0 Å². The van der Waals surface area contributed by atoms with Crippen LogP contribution in [0.1, 0.15) is 6.92 Å². The molecule has 0 aliphatic heterocycles. The van der Waals surface area contributed by atoms with Gasteiger partial charge in [-0.15, -0.1) is 0 Å². The highest BCUT2D eigenvalue weighted by Gasteiger charge is 2.27. The predicted octanol–water partition coefficient (Wildman–Crippen LogP) is -4.46. The van der Waals surface area contributed by atoms with E-state index in [4.69, 9.17) is 0 Å². The highest BCUT2D eigenvalue weighted by Crippen LogP contribution is 1.95. The van der Waals surface area contributed by atoms with Crippen molar-refractivity contribution < 1.29 is 48.8 Å². The van der Waals surface area contributed by atoms with Crippen molar-refractivity contribution in [1.29, 1.82) is 0 Å². The van der Waals surface area contributed by atoms with Gasteiger partial charge in [0, 0.05) is 6.92 Å². The lowest BCUT2D eigenvalue weighted by Gasteiger charge is -1.97. The Morgan fingerprint density at radius 3 is 1.50 bits per heavy atom. The molecule has 0 amide bonds. The lowest BCUT2D eigenvalue weighted by atomic mass is 10.8. The van der Waals surface area contributed by atoms with Gasteiger partial charge in [-0.2, -0.15) is 0 Å². The van der Waals surface area contributed by atoms with Crippen molar-refractivity contribution in [1.82, 2.24) is 0 Å². The van der Waals surface area contributed by atoms with Crippen LogP contribution in [0.2, 0.25) is 0 Å². The van der Waals surface area contributed by atoms with E-state index in [1.807, 2.05) is 0 Å². The largest absolute Gasteiger partial charge is 0.373 e. The second kappa shape index (κ2) is 5.05. The summed E-state index contributed by atoms with van der Waals surface area (Å²) < 4.78 is 46.2. The van der Waals surface area contributed by atoms with Crippen LogP contribution in [0.25, 0.3) is 0 Å². The van der Waals surface area contributed by atoms with Crippen molar-refractivity contribution in [2.45, 2.75) is 13.2 Å². The second-order valence-electron chi connectivity index (χ2n) is 1.12. The molecule has 0 N–H and O–H groups in total. The minimum absolute atomic E-state index is 1.11. The molecule has 0 aromatic carbocycles. The summed E-state index contributed by atoms with van der Waals surface area (Å²) in [5, 5.41) is 0. The molecule has 0 atom stereocenters. The van der Waals surface area contributed by atoms with Crippen molar-refractivity contribution >= 4 is 0 Å². The molecule has 0 saturated heterocycles. The molecular formula is C2H4Cl2O6. The molecule has 0 radical (unpaired) electrons. The minimum Gasteiger partial charge on any atom is -0.320 e. The lowest BCUT2D eigenvalue weighted by molar-refractivity contribution is -1.65. The van der Waals surface area contributed by atoms with Crippen LogP contribution in [0.3, 0.4) is 0 Å². The minimum atomic E-state index is -2.46. The summed E-state index contributed by atoms with van der Waals surface area (Å²) in [5.74, 6) is 0. The Hall–Kier alpha value is 0.340. The third kappa shape index (κ3) is 6.46. The molecule has 0 aromatic rings. The molecule has 0 bridgehead atoms. The molecule has 0 rings (SSSR count). The van der Waals surface area contributed by atoms with Crippen molar-refractivity contribution in [2.75, 3.05) is 0 Å². The molecule has 0 spiro atoms. The zero-order chi connectivity index (χ0) is 8.15. The van der Waals surface area contributed by atoms with E-state index < -0.39 is 27.9 Å². The third-order valence-corrected chi connectivity index (χ3v) is 1.19. The Kier molecular flexibility index (Phi) is 5.22. The van der Waals surface area contributed by atoms with Crippen molar-refractivity contribution in [3.63, 3.8) is 0 Å². The second-order valence-corrected chi connectivity index (χ2v) is 2.24. The van der Waals surface area contributed by atoms with E-state index in [0.29, 0.717) is 0 Å². The van der Waals surface area contributed by atoms with Crippen LogP contribution in [0.5, 0.6) is 0 Å². The van der Waals surface area contributed by atoms with Crippen LogP contribution in [-0.4, -0.2) is 6.29 Å². The topological polar surface area (TPSA) is 111 Å². The van der Waals surface area contributed by atoms with E-state index in [2.05, 4.69) is 8.58 Å². The van der Waals surface area contributed by atoms with Gasteiger partial charge < -0.3 is 18.6 Å². The predicted molar refractivity (Wildman–Crippen MR) is 11.6 cm³/mol. The summed E-state index contributed by atoms with van der Waals surface area (Å²) in [6.07, 6.45) is -1.34. The zero-order valence-electron chi connectivity index (χ0n) is 4.78. The van der Waals surface area contributed by atoms with Crippen molar-refractivity contribution in [2.24, 2.45) is 0 Å². The third-order valence-electron chi connectivity index (χ3n) is 0.396. The molecular weight excluding hydrogens is 191 g/mol. The fourth-order valence-corrected chi connectivity index (χ4v) is 0.738. The molecule has 6 nitrogen and oxygen atoms in total. The summed E-state index contributed by atoms with van der Waals surface area (Å²) in [6.45, 7) is 1.11. The van der Waals surface area contributed by atoms with Gasteiger partial charge >= 0.3 is 6.29 Å². The molecule has 0 aliphatic rings. The van der Waals surface area contributed by atoms with E-state index in [1.54, 1.807) is 0 Å². The van der Waals surface area contributed by atoms with Gasteiger partial charge in [-0.05, 0) is 0 Å². The average molecular weight is 195 g/mol. The summed E-state index contributed by atoms with van der Waals surface area (Å²) >= 11 is 0. The van der Waals surface area contributed by atoms with Crippen LogP contribution < -0.4 is 18.6 Å². The van der Waals surface area contributed by atoms with E-state index in [9.17, 15) is 18.6 Å². The highest BCUT2D eigenvalue weighted by molar-refractivity contribution is 4.09. The Morgan fingerprint density at radius 1 is 1.00 bits per heavy atom. The molecule has 8 heteroatoms. The monoisotopic (exact) mass is 194 g/mol. The van der Waals surface area contributed by atoms with Gasteiger partial charge in [0.2, 0.25) is 0 Å². The Morgan fingerprint density at radius 2 is 1.30 bits per heavy atom. The summed E-state index contributed by atoms with van der Waals surface area (Å²) in [5.41, 5.74) is 0. The van der Waals surface area contributed by atoms with Crippen LogP contribution in [0.4, 0.5) is 0 Å². The molecule has 0 aromatic heterocycles. The SMILES string of the molecule is CC(O[Cl+2]([O-])[O-])O[Cl+2]([O-])[O-]. The zero-order valence-corrected chi connectivity index (χ0v) is 6.29. The van der Waals surface area contributed by atoms with Crippen molar-refractivity contribution in [3.8, 4) is 0 Å². The van der Waals surface area contributed by atoms with E-state index in [-0.39, 0.29) is 0 Å². The number of hydrogen-bond acceptors (Lipinski definition) is 6. The van der Waals surface area contributed by atoms with Gasteiger partial charge in [0.1, 0.15) is 0 Å². The quantitative estimate of drug-likeness (QED) is 0.418. The smallest absolute Gasteiger partial charge is 0.320 e. The maximum atomic E-state index is 9.65. The first-order valence-electron chi connectivity index (χ1n) is 1.97. The van der Waals surface area contributed by atoms with Crippen LogP contribution in [-0.2, 0) is 8.58 Å². The molecule has 0 heterocycles. The van der Waals surface area contributed by atoms with E-state index in [0.717, 1.165) is 6.92 Å². The maximum absolute atomic E-state index is 9.65. The van der Waals surface area contributed by atoms with Gasteiger partial charge in [0.25, 0.3) is 21.6 Å². The molecule has 0 saturated carbocycles. The first kappa shape index (κ1) is 10.3. The van der Waals surface area contributed by atoms with Crippen LogP contribution in [0, 0.1) is 21.6 Å². The Balaban J connectivity index is 3.34. The van der Waals surface area contributed by atoms with E-state index >= 15 is 0 Å². The van der Waals surface area contributed by atoms with Gasteiger partial charge in [0.15, 0.2) is 0 Å². The molecule has 62 valence electrons.